The number of hydrogen-bond acceptors (Lipinski definition) is 3. The number of halogens is 1. The Labute approximate surface area is 101 Å². The predicted octanol–water partition coefficient (Wildman–Crippen LogP) is 2.32. The first-order valence-corrected chi connectivity index (χ1v) is 6.12. The summed E-state index contributed by atoms with van der Waals surface area (Å²) >= 11 is 0. The topological polar surface area (TPSA) is 38.5 Å². The molecule has 17 heavy (non-hydrogen) atoms. The zero-order valence-electron chi connectivity index (χ0n) is 9.94. The van der Waals surface area contributed by atoms with Gasteiger partial charge in [0.05, 0.1) is 6.61 Å². The molecule has 1 fully saturated rings. The van der Waals surface area contributed by atoms with Gasteiger partial charge in [-0.1, -0.05) is 0 Å². The van der Waals surface area contributed by atoms with Crippen molar-refractivity contribution in [3.05, 3.63) is 30.1 Å². The van der Waals surface area contributed by atoms with Crippen LogP contribution in [0.15, 0.2) is 24.3 Å². The quantitative estimate of drug-likeness (QED) is 0.818. The fraction of sp³-hybridized carbons (Fsp3) is 0.538. The van der Waals surface area contributed by atoms with Crippen molar-refractivity contribution in [3.63, 3.8) is 0 Å². The molecule has 0 saturated carbocycles. The van der Waals surface area contributed by atoms with Crippen LogP contribution in [0.25, 0.3) is 0 Å². The summed E-state index contributed by atoms with van der Waals surface area (Å²) in [5.41, 5.74) is 1.11. The molecule has 3 nitrogen and oxygen atoms in total. The van der Waals surface area contributed by atoms with E-state index in [1.54, 1.807) is 0 Å². The molecule has 4 heteroatoms. The van der Waals surface area contributed by atoms with Gasteiger partial charge in [-0.05, 0) is 49.4 Å². The molecule has 1 heterocycles. The number of piperidine rings is 1. The van der Waals surface area contributed by atoms with Crippen molar-refractivity contribution in [3.8, 4) is 0 Å². The maximum atomic E-state index is 12.8. The minimum absolute atomic E-state index is 0.177. The first-order valence-electron chi connectivity index (χ1n) is 6.12. The molecule has 2 N–H and O–H groups in total. The lowest BCUT2D eigenvalue weighted by molar-refractivity contribution is 0.118. The van der Waals surface area contributed by atoms with Gasteiger partial charge in [0.2, 0.25) is 0 Å². The van der Waals surface area contributed by atoms with E-state index in [9.17, 15) is 4.39 Å². The Morgan fingerprint density at radius 1 is 1.24 bits per heavy atom. The van der Waals surface area contributed by atoms with E-state index in [4.69, 9.17) is 5.90 Å². The summed E-state index contributed by atoms with van der Waals surface area (Å²) in [7, 11) is 0. The monoisotopic (exact) mass is 238 g/mol. The van der Waals surface area contributed by atoms with Crippen molar-refractivity contribution < 1.29 is 9.23 Å². The minimum atomic E-state index is -0.177. The Morgan fingerprint density at radius 3 is 2.47 bits per heavy atom. The molecule has 0 radical (unpaired) electrons. The van der Waals surface area contributed by atoms with E-state index in [1.807, 2.05) is 12.1 Å². The lowest BCUT2D eigenvalue weighted by atomic mass is 9.93. The highest BCUT2D eigenvalue weighted by atomic mass is 19.1. The molecule has 0 unspecified atom stereocenters. The van der Waals surface area contributed by atoms with Crippen LogP contribution in [0.1, 0.15) is 19.3 Å². The van der Waals surface area contributed by atoms with E-state index in [1.165, 1.54) is 12.1 Å². The molecular weight excluding hydrogens is 219 g/mol. The van der Waals surface area contributed by atoms with Crippen LogP contribution in [-0.4, -0.2) is 19.7 Å². The highest BCUT2D eigenvalue weighted by molar-refractivity contribution is 5.46. The van der Waals surface area contributed by atoms with Gasteiger partial charge < -0.3 is 9.74 Å². The molecule has 1 aromatic rings. The normalized spacial score (nSPS) is 17.4. The molecule has 94 valence electrons. The van der Waals surface area contributed by atoms with Crippen LogP contribution >= 0.6 is 0 Å². The van der Waals surface area contributed by atoms with Crippen LogP contribution in [-0.2, 0) is 4.84 Å². The molecule has 2 rings (SSSR count). The first-order chi connectivity index (χ1) is 8.29. The Kier molecular flexibility index (Phi) is 4.34. The van der Waals surface area contributed by atoms with Crippen LogP contribution in [0, 0.1) is 11.7 Å². The summed E-state index contributed by atoms with van der Waals surface area (Å²) in [4.78, 5) is 6.92. The lowest BCUT2D eigenvalue weighted by Gasteiger charge is -2.33. The first kappa shape index (κ1) is 12.3. The van der Waals surface area contributed by atoms with Gasteiger partial charge in [0.25, 0.3) is 0 Å². The molecule has 1 aromatic carbocycles. The molecule has 0 aromatic heterocycles. The summed E-state index contributed by atoms with van der Waals surface area (Å²) in [5.74, 6) is 5.56. The third-order valence-corrected chi connectivity index (χ3v) is 3.45. The zero-order valence-corrected chi connectivity index (χ0v) is 9.94. The van der Waals surface area contributed by atoms with Gasteiger partial charge in [-0.25, -0.2) is 10.3 Å². The molecule has 0 amide bonds. The second kappa shape index (κ2) is 5.98. The molecule has 0 spiro atoms. The smallest absolute Gasteiger partial charge is 0.123 e. The zero-order chi connectivity index (χ0) is 12.1. The Morgan fingerprint density at radius 2 is 1.88 bits per heavy atom. The van der Waals surface area contributed by atoms with Gasteiger partial charge in [0.1, 0.15) is 5.82 Å². The van der Waals surface area contributed by atoms with Gasteiger partial charge in [0.15, 0.2) is 0 Å². The average molecular weight is 238 g/mol. The molecule has 1 aliphatic heterocycles. The van der Waals surface area contributed by atoms with Crippen molar-refractivity contribution in [2.24, 2.45) is 11.8 Å². The fourth-order valence-electron chi connectivity index (χ4n) is 2.37. The summed E-state index contributed by atoms with van der Waals surface area (Å²) in [6, 6.07) is 6.73. The van der Waals surface area contributed by atoms with Gasteiger partial charge in [-0.3, -0.25) is 0 Å². The van der Waals surface area contributed by atoms with E-state index in [0.717, 1.165) is 38.0 Å². The highest BCUT2D eigenvalue weighted by Crippen LogP contribution is 2.25. The van der Waals surface area contributed by atoms with Crippen LogP contribution < -0.4 is 10.8 Å². The molecular formula is C13H19FN2O. The van der Waals surface area contributed by atoms with Gasteiger partial charge in [-0.2, -0.15) is 0 Å². The fourth-order valence-corrected chi connectivity index (χ4v) is 2.37. The average Bonchev–Trinajstić information content (AvgIpc) is 2.38. The molecule has 0 aliphatic carbocycles. The maximum absolute atomic E-state index is 12.8. The summed E-state index contributed by atoms with van der Waals surface area (Å²) < 4.78 is 12.8. The largest absolute Gasteiger partial charge is 0.372 e. The number of anilines is 1. The van der Waals surface area contributed by atoms with Gasteiger partial charge in [0, 0.05) is 18.8 Å². The van der Waals surface area contributed by atoms with Gasteiger partial charge in [-0.15, -0.1) is 0 Å². The molecule has 0 bridgehead atoms. The SMILES string of the molecule is NOCCC1CCN(c2ccc(F)cc2)CC1. The molecule has 1 saturated heterocycles. The maximum Gasteiger partial charge on any atom is 0.123 e. The standard InChI is InChI=1S/C13H19FN2O/c14-12-1-3-13(4-2-12)16-8-5-11(6-9-16)7-10-17-15/h1-4,11H,5-10,15H2. The van der Waals surface area contributed by atoms with Crippen LogP contribution in [0.4, 0.5) is 10.1 Å². The molecule has 1 aliphatic rings. The van der Waals surface area contributed by atoms with Crippen molar-refractivity contribution in [2.45, 2.75) is 19.3 Å². The van der Waals surface area contributed by atoms with Crippen LogP contribution in [0.3, 0.4) is 0 Å². The third-order valence-electron chi connectivity index (χ3n) is 3.45. The number of nitrogens with zero attached hydrogens (tertiary/aromatic N) is 1. The Balaban J connectivity index is 1.84. The summed E-state index contributed by atoms with van der Waals surface area (Å²) in [6.45, 7) is 2.70. The number of rotatable bonds is 4. The highest BCUT2D eigenvalue weighted by Gasteiger charge is 2.19. The number of nitrogens with two attached hydrogens (primary N) is 1. The second-order valence-corrected chi connectivity index (χ2v) is 4.57. The van der Waals surface area contributed by atoms with E-state index < -0.39 is 0 Å². The number of hydrogen-bond donors (Lipinski definition) is 1. The van der Waals surface area contributed by atoms with Crippen molar-refractivity contribution in [1.82, 2.24) is 0 Å². The van der Waals surface area contributed by atoms with E-state index in [0.29, 0.717) is 12.5 Å². The third kappa shape index (κ3) is 3.41. The van der Waals surface area contributed by atoms with Crippen LogP contribution in [0.5, 0.6) is 0 Å². The van der Waals surface area contributed by atoms with Crippen molar-refractivity contribution in [1.29, 1.82) is 0 Å². The number of benzene rings is 1. The Hall–Kier alpha value is -1.13. The summed E-state index contributed by atoms with van der Waals surface area (Å²) in [6.07, 6.45) is 3.34. The van der Waals surface area contributed by atoms with Crippen LogP contribution in [0.2, 0.25) is 0 Å². The summed E-state index contributed by atoms with van der Waals surface area (Å²) in [5, 5.41) is 0. The van der Waals surface area contributed by atoms with Crippen molar-refractivity contribution >= 4 is 5.69 Å². The minimum Gasteiger partial charge on any atom is -0.372 e. The van der Waals surface area contributed by atoms with Crippen molar-refractivity contribution in [2.75, 3.05) is 24.6 Å². The van der Waals surface area contributed by atoms with Gasteiger partial charge >= 0.3 is 0 Å². The second-order valence-electron chi connectivity index (χ2n) is 4.57. The lowest BCUT2D eigenvalue weighted by Crippen LogP contribution is -2.34. The van der Waals surface area contributed by atoms with E-state index in [-0.39, 0.29) is 5.82 Å². The molecule has 0 atom stereocenters. The predicted molar refractivity (Wildman–Crippen MR) is 66.1 cm³/mol. The van der Waals surface area contributed by atoms with E-state index >= 15 is 0 Å². The van der Waals surface area contributed by atoms with E-state index in [2.05, 4.69) is 9.74 Å². The Bertz CT molecular complexity index is 334.